The van der Waals surface area contributed by atoms with Crippen molar-refractivity contribution in [3.63, 3.8) is 0 Å². The van der Waals surface area contributed by atoms with Gasteiger partial charge in [0.05, 0.1) is 17.7 Å². The van der Waals surface area contributed by atoms with Gasteiger partial charge in [-0.2, -0.15) is 4.98 Å². The molecule has 0 bridgehead atoms. The third-order valence-corrected chi connectivity index (χ3v) is 5.30. The van der Waals surface area contributed by atoms with Crippen molar-refractivity contribution in [3.8, 4) is 0 Å². The van der Waals surface area contributed by atoms with E-state index >= 15 is 0 Å². The fourth-order valence-electron chi connectivity index (χ4n) is 4.11. The first-order chi connectivity index (χ1) is 10.8. The van der Waals surface area contributed by atoms with Crippen LogP contribution in [0, 0.1) is 17.8 Å². The van der Waals surface area contributed by atoms with Crippen molar-refractivity contribution in [3.05, 3.63) is 36.5 Å². The number of fused-ring (bicyclic) bond motifs is 4. The number of benzene rings is 1. The topological polar surface area (TPSA) is 33.4 Å². The highest BCUT2D eigenvalue weighted by Gasteiger charge is 2.55. The fourth-order valence-corrected chi connectivity index (χ4v) is 4.11. The molecule has 3 aromatic rings. The van der Waals surface area contributed by atoms with Crippen molar-refractivity contribution in [1.82, 2.24) is 14.4 Å². The first kappa shape index (κ1) is 12.4. The molecular formula is C17H17FN4. The predicted molar refractivity (Wildman–Crippen MR) is 83.8 cm³/mol. The molecule has 2 fully saturated rings. The Bertz CT molecular complexity index is 846. The van der Waals surface area contributed by atoms with Gasteiger partial charge in [0.15, 0.2) is 0 Å². The second-order valence-corrected chi connectivity index (χ2v) is 6.43. The molecule has 3 heterocycles. The maximum Gasteiger partial charge on any atom is 0.236 e. The standard InChI is InChI=1S/C17H17FN4/c18-7-5-11-12-9-21(10-13(11)12)16-6-8-22-15-4-2-1-3-14(15)19-17(22)20-16/h1-4,6,8,11-13H,5,7,9-10H2/t11?,12-,13+. The smallest absolute Gasteiger partial charge is 0.236 e. The number of aromatic nitrogens is 3. The van der Waals surface area contributed by atoms with E-state index in [0.29, 0.717) is 17.8 Å². The molecule has 5 rings (SSSR count). The third kappa shape index (κ3) is 1.68. The maximum atomic E-state index is 12.4. The molecule has 1 saturated heterocycles. The minimum Gasteiger partial charge on any atom is -0.356 e. The quantitative estimate of drug-likeness (QED) is 0.745. The largest absolute Gasteiger partial charge is 0.356 e. The number of halogens is 1. The van der Waals surface area contributed by atoms with Gasteiger partial charge in [-0.15, -0.1) is 0 Å². The van der Waals surface area contributed by atoms with E-state index in [0.717, 1.165) is 42.1 Å². The Balaban J connectivity index is 1.46. The summed E-state index contributed by atoms with van der Waals surface area (Å²) < 4.78 is 14.5. The lowest BCUT2D eigenvalue weighted by molar-refractivity contribution is 0.431. The molecular weight excluding hydrogens is 279 g/mol. The van der Waals surface area contributed by atoms with E-state index in [9.17, 15) is 4.39 Å². The monoisotopic (exact) mass is 296 g/mol. The van der Waals surface area contributed by atoms with Crippen LogP contribution in [0.5, 0.6) is 0 Å². The molecule has 3 atom stereocenters. The SMILES string of the molecule is FCCC1[C@H]2CN(c3ccn4c(n3)nc3ccccc34)C[C@@H]12. The van der Waals surface area contributed by atoms with E-state index in [1.807, 2.05) is 22.6 Å². The van der Waals surface area contributed by atoms with Crippen LogP contribution in [0.15, 0.2) is 36.5 Å². The zero-order chi connectivity index (χ0) is 14.7. The first-order valence-electron chi connectivity index (χ1n) is 7.90. The summed E-state index contributed by atoms with van der Waals surface area (Å²) in [6.07, 6.45) is 2.79. The van der Waals surface area contributed by atoms with Crippen molar-refractivity contribution in [2.45, 2.75) is 6.42 Å². The zero-order valence-corrected chi connectivity index (χ0v) is 12.2. The van der Waals surface area contributed by atoms with Crippen LogP contribution in [0.1, 0.15) is 6.42 Å². The average Bonchev–Trinajstić information content (AvgIpc) is 2.93. The molecule has 22 heavy (non-hydrogen) atoms. The van der Waals surface area contributed by atoms with Gasteiger partial charge < -0.3 is 4.90 Å². The van der Waals surface area contributed by atoms with E-state index in [1.54, 1.807) is 0 Å². The summed E-state index contributed by atoms with van der Waals surface area (Å²) in [4.78, 5) is 11.6. The highest BCUT2D eigenvalue weighted by molar-refractivity contribution is 5.79. The molecule has 0 radical (unpaired) electrons. The number of imidazole rings is 1. The Morgan fingerprint density at radius 2 is 1.91 bits per heavy atom. The highest BCUT2D eigenvalue weighted by Crippen LogP contribution is 2.54. The van der Waals surface area contributed by atoms with Crippen LogP contribution in [0.3, 0.4) is 0 Å². The number of piperidine rings is 1. The number of anilines is 1. The fraction of sp³-hybridized carbons (Fsp3) is 0.412. The summed E-state index contributed by atoms with van der Waals surface area (Å²) in [7, 11) is 0. The molecule has 2 aliphatic rings. The molecule has 1 aliphatic heterocycles. The summed E-state index contributed by atoms with van der Waals surface area (Å²) in [6, 6.07) is 10.1. The van der Waals surface area contributed by atoms with Gasteiger partial charge in [-0.3, -0.25) is 8.79 Å². The minimum absolute atomic E-state index is 0.178. The molecule has 1 saturated carbocycles. The molecule has 1 aromatic carbocycles. The van der Waals surface area contributed by atoms with Crippen molar-refractivity contribution in [1.29, 1.82) is 0 Å². The lowest BCUT2D eigenvalue weighted by Gasteiger charge is -2.20. The summed E-state index contributed by atoms with van der Waals surface area (Å²) >= 11 is 0. The molecule has 1 aliphatic carbocycles. The van der Waals surface area contributed by atoms with Crippen molar-refractivity contribution >= 4 is 22.6 Å². The van der Waals surface area contributed by atoms with Gasteiger partial charge in [0.25, 0.3) is 0 Å². The van der Waals surface area contributed by atoms with Gasteiger partial charge in [0.1, 0.15) is 5.82 Å². The predicted octanol–water partition coefficient (Wildman–Crippen LogP) is 2.92. The lowest BCUT2D eigenvalue weighted by Crippen LogP contribution is -2.25. The third-order valence-electron chi connectivity index (χ3n) is 5.30. The van der Waals surface area contributed by atoms with Crippen molar-refractivity contribution in [2.24, 2.45) is 17.8 Å². The molecule has 0 N–H and O–H groups in total. The minimum atomic E-state index is -0.178. The van der Waals surface area contributed by atoms with Crippen molar-refractivity contribution in [2.75, 3.05) is 24.7 Å². The van der Waals surface area contributed by atoms with Crippen LogP contribution in [-0.2, 0) is 0 Å². The molecule has 1 unspecified atom stereocenters. The normalized spacial score (nSPS) is 26.8. The van der Waals surface area contributed by atoms with Crippen LogP contribution in [0.4, 0.5) is 10.2 Å². The van der Waals surface area contributed by atoms with Gasteiger partial charge in [-0.05, 0) is 42.4 Å². The number of hydrogen-bond donors (Lipinski definition) is 0. The molecule has 4 nitrogen and oxygen atoms in total. The summed E-state index contributed by atoms with van der Waals surface area (Å²) in [5.41, 5.74) is 2.06. The average molecular weight is 296 g/mol. The second kappa shape index (κ2) is 4.41. The van der Waals surface area contributed by atoms with E-state index in [2.05, 4.69) is 28.2 Å². The van der Waals surface area contributed by atoms with Gasteiger partial charge >= 0.3 is 0 Å². The summed E-state index contributed by atoms with van der Waals surface area (Å²) in [6.45, 7) is 1.85. The number of hydrogen-bond acceptors (Lipinski definition) is 3. The number of alkyl halides is 1. The number of para-hydroxylation sites is 2. The zero-order valence-electron chi connectivity index (χ0n) is 12.2. The molecule has 5 heteroatoms. The lowest BCUT2D eigenvalue weighted by atomic mass is 10.2. The maximum absolute atomic E-state index is 12.4. The molecule has 112 valence electrons. The Morgan fingerprint density at radius 3 is 2.73 bits per heavy atom. The highest BCUT2D eigenvalue weighted by atomic mass is 19.1. The molecule has 2 aromatic heterocycles. The van der Waals surface area contributed by atoms with E-state index in [-0.39, 0.29) is 6.67 Å². The van der Waals surface area contributed by atoms with Crippen LogP contribution in [0.25, 0.3) is 16.8 Å². The Morgan fingerprint density at radius 1 is 1.09 bits per heavy atom. The number of nitrogens with zero attached hydrogens (tertiary/aromatic N) is 4. The molecule has 0 spiro atoms. The van der Waals surface area contributed by atoms with Crippen molar-refractivity contribution < 1.29 is 4.39 Å². The van der Waals surface area contributed by atoms with Gasteiger partial charge in [0, 0.05) is 19.3 Å². The van der Waals surface area contributed by atoms with E-state index in [4.69, 9.17) is 4.98 Å². The Kier molecular flexibility index (Phi) is 2.48. The number of rotatable bonds is 3. The van der Waals surface area contributed by atoms with Crippen LogP contribution < -0.4 is 4.90 Å². The Hall–Kier alpha value is -2.17. The van der Waals surface area contributed by atoms with E-state index < -0.39 is 0 Å². The van der Waals surface area contributed by atoms with Gasteiger partial charge in [-0.25, -0.2) is 4.98 Å². The molecule has 0 amide bonds. The van der Waals surface area contributed by atoms with Crippen LogP contribution in [-0.4, -0.2) is 34.1 Å². The first-order valence-corrected chi connectivity index (χ1v) is 7.90. The summed E-state index contributed by atoms with van der Waals surface area (Å²) in [5, 5.41) is 0. The van der Waals surface area contributed by atoms with Gasteiger partial charge in [-0.1, -0.05) is 12.1 Å². The van der Waals surface area contributed by atoms with Gasteiger partial charge in [0.2, 0.25) is 5.78 Å². The van der Waals surface area contributed by atoms with E-state index in [1.165, 1.54) is 0 Å². The Labute approximate surface area is 127 Å². The van der Waals surface area contributed by atoms with Crippen LogP contribution in [0.2, 0.25) is 0 Å². The summed E-state index contributed by atoms with van der Waals surface area (Å²) in [5.74, 6) is 3.70. The second-order valence-electron chi connectivity index (χ2n) is 6.43. The van der Waals surface area contributed by atoms with Crippen LogP contribution >= 0.6 is 0 Å².